The monoisotopic (exact) mass is 566 g/mol. The van der Waals surface area contributed by atoms with Gasteiger partial charge in [-0.2, -0.15) is 0 Å². The molecule has 224 valence electrons. The van der Waals surface area contributed by atoms with Crippen molar-refractivity contribution in [3.63, 3.8) is 0 Å². The summed E-state index contributed by atoms with van der Waals surface area (Å²) in [4.78, 5) is 30.7. The summed E-state index contributed by atoms with van der Waals surface area (Å²) < 4.78 is 17.3. The van der Waals surface area contributed by atoms with E-state index in [-0.39, 0.29) is 11.3 Å². The lowest BCUT2D eigenvalue weighted by Crippen LogP contribution is -2.33. The Bertz CT molecular complexity index is 1190. The molecule has 1 aliphatic heterocycles. The van der Waals surface area contributed by atoms with Crippen LogP contribution in [0, 0.1) is 5.92 Å². The maximum atomic E-state index is 13.5. The fourth-order valence-corrected chi connectivity index (χ4v) is 4.92. The van der Waals surface area contributed by atoms with Crippen molar-refractivity contribution < 1.29 is 28.9 Å². The molecule has 1 heterocycles. The first kappa shape index (κ1) is 32.0. The number of ketones is 1. The molecule has 8 nitrogen and oxygen atoms in total. The first-order valence-electron chi connectivity index (χ1n) is 14.8. The van der Waals surface area contributed by atoms with Crippen LogP contribution < -0.4 is 14.2 Å². The number of Topliss-reactive ketones (excluding diaryl/α,β-unsaturated/α-hetero) is 1. The Morgan fingerprint density at radius 1 is 0.976 bits per heavy atom. The molecule has 0 saturated carbocycles. The molecule has 41 heavy (non-hydrogen) atoms. The van der Waals surface area contributed by atoms with Gasteiger partial charge in [-0.25, -0.2) is 0 Å². The van der Waals surface area contributed by atoms with Crippen molar-refractivity contribution in [2.24, 2.45) is 5.92 Å². The molecule has 0 radical (unpaired) electrons. The minimum absolute atomic E-state index is 0.0654. The molecular weight excluding hydrogens is 520 g/mol. The van der Waals surface area contributed by atoms with E-state index >= 15 is 0 Å². The standard InChI is InChI=1S/C33H46N2O6/c1-7-20-40-26-14-11-24(12-15-26)31(36)29-30(35(33(38)32(29)37)19-10-18-34(8-2)9-3)25-13-16-27(28(22-25)39-6)41-21-17-23(4)5/h11-16,22-23,30,36H,7-10,17-21H2,1-6H3/b31-29+. The average Bonchev–Trinajstić information content (AvgIpc) is 3.23. The number of amides is 1. The molecule has 1 aliphatic rings. The third kappa shape index (κ3) is 8.03. The summed E-state index contributed by atoms with van der Waals surface area (Å²) in [6, 6.07) is 11.6. The minimum Gasteiger partial charge on any atom is -0.507 e. The van der Waals surface area contributed by atoms with Gasteiger partial charge in [-0.3, -0.25) is 9.59 Å². The zero-order chi connectivity index (χ0) is 29.9. The fourth-order valence-electron chi connectivity index (χ4n) is 4.92. The van der Waals surface area contributed by atoms with E-state index < -0.39 is 17.7 Å². The molecule has 1 unspecified atom stereocenters. The number of benzene rings is 2. The van der Waals surface area contributed by atoms with Gasteiger partial charge in [-0.1, -0.05) is 40.7 Å². The number of hydrogen-bond acceptors (Lipinski definition) is 7. The molecule has 2 aromatic carbocycles. The Morgan fingerprint density at radius 3 is 2.29 bits per heavy atom. The van der Waals surface area contributed by atoms with E-state index in [1.165, 1.54) is 0 Å². The topological polar surface area (TPSA) is 88.5 Å². The van der Waals surface area contributed by atoms with Gasteiger partial charge < -0.3 is 29.1 Å². The third-order valence-electron chi connectivity index (χ3n) is 7.36. The van der Waals surface area contributed by atoms with Crippen LogP contribution in [0.25, 0.3) is 5.76 Å². The van der Waals surface area contributed by atoms with E-state index in [1.807, 2.05) is 19.1 Å². The van der Waals surface area contributed by atoms with Gasteiger partial charge in [0.05, 0.1) is 31.9 Å². The second-order valence-electron chi connectivity index (χ2n) is 10.7. The van der Waals surface area contributed by atoms with Crippen molar-refractivity contribution in [3.8, 4) is 17.2 Å². The van der Waals surface area contributed by atoms with Gasteiger partial charge in [0.2, 0.25) is 0 Å². The SMILES string of the molecule is CCCOc1ccc(/C(O)=C2\C(=O)C(=O)N(CCCN(CC)CC)C2c2ccc(OCCC(C)C)c(OC)c2)cc1. The largest absolute Gasteiger partial charge is 0.507 e. The van der Waals surface area contributed by atoms with Gasteiger partial charge in [0, 0.05) is 12.1 Å². The van der Waals surface area contributed by atoms with Crippen molar-refractivity contribution in [1.29, 1.82) is 0 Å². The number of carbonyl (C=O) groups is 2. The van der Waals surface area contributed by atoms with Crippen molar-refractivity contribution in [3.05, 3.63) is 59.2 Å². The highest BCUT2D eigenvalue weighted by Gasteiger charge is 2.46. The van der Waals surface area contributed by atoms with Crippen LogP contribution >= 0.6 is 0 Å². The zero-order valence-corrected chi connectivity index (χ0v) is 25.4. The molecule has 1 atom stereocenters. The van der Waals surface area contributed by atoms with E-state index in [1.54, 1.807) is 42.3 Å². The fraction of sp³-hybridized carbons (Fsp3) is 0.515. The van der Waals surface area contributed by atoms with E-state index in [9.17, 15) is 14.7 Å². The van der Waals surface area contributed by atoms with Crippen LogP contribution in [0.1, 0.15) is 71.0 Å². The van der Waals surface area contributed by atoms with Gasteiger partial charge in [0.25, 0.3) is 11.7 Å². The Hall–Kier alpha value is -3.52. The molecule has 1 saturated heterocycles. The van der Waals surface area contributed by atoms with Gasteiger partial charge in [0.1, 0.15) is 11.5 Å². The number of ether oxygens (including phenoxy) is 3. The number of hydrogen-bond donors (Lipinski definition) is 1. The number of nitrogens with zero attached hydrogens (tertiary/aromatic N) is 2. The van der Waals surface area contributed by atoms with Gasteiger partial charge >= 0.3 is 0 Å². The average molecular weight is 567 g/mol. The summed E-state index contributed by atoms with van der Waals surface area (Å²) in [6.45, 7) is 14.6. The van der Waals surface area contributed by atoms with Crippen LogP contribution in [0.15, 0.2) is 48.0 Å². The van der Waals surface area contributed by atoms with E-state index in [0.29, 0.717) is 60.5 Å². The number of carbonyl (C=O) groups excluding carboxylic acids is 2. The highest BCUT2D eigenvalue weighted by molar-refractivity contribution is 6.46. The molecule has 1 N–H and O–H groups in total. The maximum Gasteiger partial charge on any atom is 0.295 e. The lowest BCUT2D eigenvalue weighted by Gasteiger charge is -2.27. The number of aliphatic hydroxyl groups is 1. The van der Waals surface area contributed by atoms with Crippen molar-refractivity contribution in [2.45, 2.75) is 59.9 Å². The van der Waals surface area contributed by atoms with E-state index in [0.717, 1.165) is 32.5 Å². The normalized spacial score (nSPS) is 16.6. The minimum atomic E-state index is -0.763. The number of rotatable bonds is 16. The first-order valence-corrected chi connectivity index (χ1v) is 14.8. The van der Waals surface area contributed by atoms with Gasteiger partial charge in [0.15, 0.2) is 11.5 Å². The molecular formula is C33H46N2O6. The summed E-state index contributed by atoms with van der Waals surface area (Å²) >= 11 is 0. The second-order valence-corrected chi connectivity index (χ2v) is 10.7. The van der Waals surface area contributed by atoms with E-state index in [2.05, 4.69) is 32.6 Å². The van der Waals surface area contributed by atoms with Crippen molar-refractivity contribution >= 4 is 17.4 Å². The van der Waals surface area contributed by atoms with Crippen LogP contribution in [-0.2, 0) is 9.59 Å². The van der Waals surface area contributed by atoms with Gasteiger partial charge in [-0.15, -0.1) is 0 Å². The first-order chi connectivity index (χ1) is 19.7. The highest BCUT2D eigenvalue weighted by Crippen LogP contribution is 2.42. The van der Waals surface area contributed by atoms with Crippen LogP contribution in [0.5, 0.6) is 17.2 Å². The summed E-state index contributed by atoms with van der Waals surface area (Å²) in [5, 5.41) is 11.4. The van der Waals surface area contributed by atoms with Crippen LogP contribution in [0.2, 0.25) is 0 Å². The molecule has 0 aliphatic carbocycles. The smallest absolute Gasteiger partial charge is 0.295 e. The van der Waals surface area contributed by atoms with Crippen molar-refractivity contribution in [2.75, 3.05) is 46.5 Å². The lowest BCUT2D eigenvalue weighted by molar-refractivity contribution is -0.140. The molecule has 0 aromatic heterocycles. The van der Waals surface area contributed by atoms with Crippen LogP contribution in [-0.4, -0.2) is 73.1 Å². The number of methoxy groups -OCH3 is 1. The maximum absolute atomic E-state index is 13.5. The molecule has 2 aromatic rings. The Kier molecular flexibility index (Phi) is 12.1. The molecule has 3 rings (SSSR count). The summed E-state index contributed by atoms with van der Waals surface area (Å²) in [5.41, 5.74) is 1.18. The summed E-state index contributed by atoms with van der Waals surface area (Å²) in [7, 11) is 1.57. The predicted molar refractivity (Wildman–Crippen MR) is 162 cm³/mol. The zero-order valence-electron chi connectivity index (χ0n) is 25.4. The second kappa shape index (κ2) is 15.5. The van der Waals surface area contributed by atoms with E-state index in [4.69, 9.17) is 14.2 Å². The Balaban J connectivity index is 2.02. The Labute approximate surface area is 244 Å². The third-order valence-corrected chi connectivity index (χ3v) is 7.36. The van der Waals surface area contributed by atoms with Gasteiger partial charge in [-0.05, 0) is 86.8 Å². The number of likely N-dealkylation sites (tertiary alicyclic amines) is 1. The molecule has 8 heteroatoms. The predicted octanol–water partition coefficient (Wildman–Crippen LogP) is 6.06. The van der Waals surface area contributed by atoms with Crippen molar-refractivity contribution in [1.82, 2.24) is 9.80 Å². The quantitative estimate of drug-likeness (QED) is 0.150. The van der Waals surface area contributed by atoms with Crippen LogP contribution in [0.3, 0.4) is 0 Å². The summed E-state index contributed by atoms with van der Waals surface area (Å²) in [5.74, 6) is 0.764. The lowest BCUT2D eigenvalue weighted by atomic mass is 9.95. The van der Waals surface area contributed by atoms with Crippen LogP contribution in [0.4, 0.5) is 0 Å². The highest BCUT2D eigenvalue weighted by atomic mass is 16.5. The molecule has 1 fully saturated rings. The molecule has 0 bridgehead atoms. The number of aliphatic hydroxyl groups excluding tert-OH is 1. The molecule has 0 spiro atoms. The summed E-state index contributed by atoms with van der Waals surface area (Å²) in [6.07, 6.45) is 2.48. The Morgan fingerprint density at radius 2 is 1.68 bits per heavy atom. The molecule has 1 amide bonds.